The van der Waals surface area contributed by atoms with Crippen LogP contribution >= 0.6 is 0 Å². The van der Waals surface area contributed by atoms with Gasteiger partial charge in [-0.3, -0.25) is 0 Å². The molecule has 1 aliphatic heterocycles. The van der Waals surface area contributed by atoms with Gasteiger partial charge >= 0.3 is 0 Å². The summed E-state index contributed by atoms with van der Waals surface area (Å²) in [7, 11) is 1.95. The van der Waals surface area contributed by atoms with Crippen LogP contribution in [0.4, 0.5) is 0 Å². The molecule has 2 nitrogen and oxygen atoms in total. The fourth-order valence-electron chi connectivity index (χ4n) is 1.97. The zero-order chi connectivity index (χ0) is 9.73. The fraction of sp³-hybridized carbons (Fsp3) is 0.818. The first-order chi connectivity index (χ1) is 6.23. The molecular formula is C11H19NO. The van der Waals surface area contributed by atoms with Crippen LogP contribution in [0.25, 0.3) is 0 Å². The molecule has 0 aliphatic carbocycles. The molecule has 74 valence electrons. The summed E-state index contributed by atoms with van der Waals surface area (Å²) in [6, 6.07) is 0.290. The molecule has 0 saturated carbocycles. The van der Waals surface area contributed by atoms with Gasteiger partial charge in [-0.1, -0.05) is 0 Å². The van der Waals surface area contributed by atoms with Gasteiger partial charge in [-0.05, 0) is 33.2 Å². The maximum Gasteiger partial charge on any atom is 0.0816 e. The summed E-state index contributed by atoms with van der Waals surface area (Å²) < 4.78 is 5.81. The summed E-state index contributed by atoms with van der Waals surface area (Å²) >= 11 is 0. The number of likely N-dealkylation sites (N-methyl/N-ethyl adjacent to an activating group) is 1. The molecule has 0 aromatic carbocycles. The summed E-state index contributed by atoms with van der Waals surface area (Å²) in [5.74, 6) is 2.70. The maximum atomic E-state index is 5.81. The molecule has 1 heterocycles. The minimum absolute atomic E-state index is 0.0562. The lowest BCUT2D eigenvalue weighted by molar-refractivity contribution is -0.0861. The van der Waals surface area contributed by atoms with E-state index in [0.717, 1.165) is 19.4 Å². The molecule has 1 fully saturated rings. The van der Waals surface area contributed by atoms with Gasteiger partial charge in [-0.15, -0.1) is 12.3 Å². The summed E-state index contributed by atoms with van der Waals surface area (Å²) in [5, 5.41) is 3.25. The highest BCUT2D eigenvalue weighted by Gasteiger charge is 2.35. The molecule has 0 amide bonds. The first-order valence-electron chi connectivity index (χ1n) is 4.97. The van der Waals surface area contributed by atoms with Gasteiger partial charge in [0.15, 0.2) is 0 Å². The lowest BCUT2D eigenvalue weighted by Gasteiger charge is -2.39. The van der Waals surface area contributed by atoms with Crippen LogP contribution in [-0.2, 0) is 4.74 Å². The van der Waals surface area contributed by atoms with E-state index in [9.17, 15) is 0 Å². The van der Waals surface area contributed by atoms with Crippen LogP contribution in [0.5, 0.6) is 0 Å². The molecule has 2 atom stereocenters. The zero-order valence-corrected chi connectivity index (χ0v) is 8.60. The number of rotatable bonds is 3. The summed E-state index contributed by atoms with van der Waals surface area (Å²) in [6.45, 7) is 3.03. The van der Waals surface area contributed by atoms with Crippen molar-refractivity contribution >= 4 is 0 Å². The Morgan fingerprint density at radius 1 is 1.62 bits per heavy atom. The summed E-state index contributed by atoms with van der Waals surface area (Å²) in [4.78, 5) is 0. The Morgan fingerprint density at radius 3 is 2.85 bits per heavy atom. The molecule has 1 N–H and O–H groups in total. The SMILES string of the molecule is C#CCC(NC)C1(C)CCCCO1. The maximum absolute atomic E-state index is 5.81. The molecule has 0 radical (unpaired) electrons. The average Bonchev–Trinajstić information content (AvgIpc) is 2.15. The first-order valence-corrected chi connectivity index (χ1v) is 4.97. The highest BCUT2D eigenvalue weighted by molar-refractivity contribution is 4.99. The van der Waals surface area contributed by atoms with Crippen molar-refractivity contribution in [2.75, 3.05) is 13.7 Å². The Morgan fingerprint density at radius 2 is 2.38 bits per heavy atom. The lowest BCUT2D eigenvalue weighted by atomic mass is 9.86. The van der Waals surface area contributed by atoms with Crippen LogP contribution in [0.15, 0.2) is 0 Å². The third-order valence-electron chi connectivity index (χ3n) is 2.91. The summed E-state index contributed by atoms with van der Waals surface area (Å²) in [6.07, 6.45) is 9.61. The molecule has 13 heavy (non-hydrogen) atoms. The Bertz CT molecular complexity index is 189. The molecule has 2 heteroatoms. The Kier molecular flexibility index (Phi) is 3.77. The normalized spacial score (nSPS) is 30.8. The number of hydrogen-bond donors (Lipinski definition) is 1. The standard InChI is InChI=1S/C11H19NO/c1-4-7-10(12-3)11(2)8-5-6-9-13-11/h1,10,12H,5-9H2,2-3H3. The third kappa shape index (κ3) is 2.46. The van der Waals surface area contributed by atoms with Crippen LogP contribution in [0.1, 0.15) is 32.6 Å². The van der Waals surface area contributed by atoms with Crippen molar-refractivity contribution in [3.63, 3.8) is 0 Å². The second kappa shape index (κ2) is 4.64. The molecule has 1 saturated heterocycles. The van der Waals surface area contributed by atoms with Crippen LogP contribution in [0.3, 0.4) is 0 Å². The van der Waals surface area contributed by atoms with E-state index < -0.39 is 0 Å². The van der Waals surface area contributed by atoms with Gasteiger partial charge in [0, 0.05) is 19.1 Å². The van der Waals surface area contributed by atoms with Crippen LogP contribution < -0.4 is 5.32 Å². The van der Waals surface area contributed by atoms with Gasteiger partial charge < -0.3 is 10.1 Å². The van der Waals surface area contributed by atoms with Crippen molar-refractivity contribution in [2.24, 2.45) is 0 Å². The fourth-order valence-corrected chi connectivity index (χ4v) is 1.97. The van der Waals surface area contributed by atoms with Crippen molar-refractivity contribution in [3.8, 4) is 12.3 Å². The first kappa shape index (κ1) is 10.6. The second-order valence-electron chi connectivity index (χ2n) is 3.87. The molecule has 1 aliphatic rings. The topological polar surface area (TPSA) is 21.3 Å². The third-order valence-corrected chi connectivity index (χ3v) is 2.91. The van der Waals surface area contributed by atoms with Gasteiger partial charge in [0.1, 0.15) is 0 Å². The Labute approximate surface area is 81.0 Å². The van der Waals surface area contributed by atoms with E-state index in [1.807, 2.05) is 7.05 Å². The van der Waals surface area contributed by atoms with Crippen molar-refractivity contribution < 1.29 is 4.74 Å². The van der Waals surface area contributed by atoms with Crippen LogP contribution in [0, 0.1) is 12.3 Å². The highest BCUT2D eigenvalue weighted by Crippen LogP contribution is 2.28. The molecule has 0 aromatic heterocycles. The van der Waals surface area contributed by atoms with Gasteiger partial charge in [0.05, 0.1) is 5.60 Å². The minimum atomic E-state index is -0.0562. The van der Waals surface area contributed by atoms with Gasteiger partial charge in [-0.2, -0.15) is 0 Å². The summed E-state index contributed by atoms with van der Waals surface area (Å²) in [5.41, 5.74) is -0.0562. The number of terminal acetylenes is 1. The minimum Gasteiger partial charge on any atom is -0.374 e. The van der Waals surface area contributed by atoms with E-state index >= 15 is 0 Å². The van der Waals surface area contributed by atoms with E-state index in [-0.39, 0.29) is 11.6 Å². The predicted molar refractivity (Wildman–Crippen MR) is 54.5 cm³/mol. The van der Waals surface area contributed by atoms with Crippen molar-refractivity contribution in [1.82, 2.24) is 5.32 Å². The smallest absolute Gasteiger partial charge is 0.0816 e. The van der Waals surface area contributed by atoms with E-state index in [1.54, 1.807) is 0 Å². The highest BCUT2D eigenvalue weighted by atomic mass is 16.5. The van der Waals surface area contributed by atoms with E-state index in [0.29, 0.717) is 0 Å². The van der Waals surface area contributed by atoms with Crippen LogP contribution in [0.2, 0.25) is 0 Å². The largest absolute Gasteiger partial charge is 0.374 e. The predicted octanol–water partition coefficient (Wildman–Crippen LogP) is 1.56. The van der Waals surface area contributed by atoms with E-state index in [2.05, 4.69) is 18.2 Å². The molecule has 0 bridgehead atoms. The lowest BCUT2D eigenvalue weighted by Crippen LogP contribution is -2.50. The van der Waals surface area contributed by atoms with Gasteiger partial charge in [-0.25, -0.2) is 0 Å². The van der Waals surface area contributed by atoms with E-state index in [1.165, 1.54) is 12.8 Å². The molecular weight excluding hydrogens is 162 g/mol. The van der Waals surface area contributed by atoms with Gasteiger partial charge in [0.2, 0.25) is 0 Å². The Balaban J connectivity index is 2.58. The monoisotopic (exact) mass is 181 g/mol. The van der Waals surface area contributed by atoms with Gasteiger partial charge in [0.25, 0.3) is 0 Å². The molecule has 0 aromatic rings. The zero-order valence-electron chi connectivity index (χ0n) is 8.60. The second-order valence-corrected chi connectivity index (χ2v) is 3.87. The number of hydrogen-bond acceptors (Lipinski definition) is 2. The van der Waals surface area contributed by atoms with E-state index in [4.69, 9.17) is 11.2 Å². The molecule has 0 spiro atoms. The van der Waals surface area contributed by atoms with Crippen molar-refractivity contribution in [1.29, 1.82) is 0 Å². The number of nitrogens with one attached hydrogen (secondary N) is 1. The average molecular weight is 181 g/mol. The quantitative estimate of drug-likeness (QED) is 0.667. The van der Waals surface area contributed by atoms with Crippen molar-refractivity contribution in [3.05, 3.63) is 0 Å². The molecule has 1 rings (SSSR count). The van der Waals surface area contributed by atoms with Crippen LogP contribution in [-0.4, -0.2) is 25.3 Å². The van der Waals surface area contributed by atoms with Crippen molar-refractivity contribution in [2.45, 2.75) is 44.2 Å². The molecule has 2 unspecified atom stereocenters. The Hall–Kier alpha value is -0.520. The number of ether oxygens (including phenoxy) is 1.